The summed E-state index contributed by atoms with van der Waals surface area (Å²) in [6.07, 6.45) is 11.0. The highest BCUT2D eigenvalue weighted by Crippen LogP contribution is 2.35. The number of urea groups is 1. The summed E-state index contributed by atoms with van der Waals surface area (Å²) in [6, 6.07) is 4.12. The predicted octanol–water partition coefficient (Wildman–Crippen LogP) is 2.94. The van der Waals surface area contributed by atoms with Crippen molar-refractivity contribution in [2.75, 3.05) is 19.6 Å². The second-order valence-electron chi connectivity index (χ2n) is 7.65. The van der Waals surface area contributed by atoms with Crippen molar-refractivity contribution in [2.45, 2.75) is 50.9 Å². The average molecular weight is 369 g/mol. The molecule has 144 valence electrons. The van der Waals surface area contributed by atoms with Gasteiger partial charge in [-0.3, -0.25) is 4.98 Å². The van der Waals surface area contributed by atoms with E-state index in [1.165, 1.54) is 12.0 Å². The Morgan fingerprint density at radius 1 is 1.26 bits per heavy atom. The van der Waals surface area contributed by atoms with E-state index in [1.807, 2.05) is 17.2 Å². The van der Waals surface area contributed by atoms with Crippen LogP contribution < -0.4 is 5.32 Å². The highest BCUT2D eigenvalue weighted by atomic mass is 16.5. The number of carbonyl (C=O) groups is 1. The van der Waals surface area contributed by atoms with Crippen molar-refractivity contribution < 1.29 is 9.32 Å². The van der Waals surface area contributed by atoms with Crippen molar-refractivity contribution in [1.29, 1.82) is 0 Å². The molecule has 2 aliphatic rings. The van der Waals surface area contributed by atoms with Crippen LogP contribution in [0.4, 0.5) is 4.79 Å². The van der Waals surface area contributed by atoms with Crippen LogP contribution in [0.2, 0.25) is 0 Å². The summed E-state index contributed by atoms with van der Waals surface area (Å²) in [5.74, 6) is 2.53. The number of carbonyl (C=O) groups excluding carboxylic acids is 1. The highest BCUT2D eigenvalue weighted by Gasteiger charge is 2.25. The van der Waals surface area contributed by atoms with Gasteiger partial charge in [-0.2, -0.15) is 4.98 Å². The molecule has 4 rings (SSSR count). The second kappa shape index (κ2) is 8.50. The van der Waals surface area contributed by atoms with Gasteiger partial charge in [-0.15, -0.1) is 0 Å². The molecule has 0 unspecified atom stereocenters. The smallest absolute Gasteiger partial charge is 0.317 e. The lowest BCUT2D eigenvalue weighted by Crippen LogP contribution is -2.45. The zero-order chi connectivity index (χ0) is 18.5. The van der Waals surface area contributed by atoms with E-state index in [-0.39, 0.29) is 6.03 Å². The average Bonchev–Trinajstić information content (AvgIpc) is 3.10. The standard InChI is InChI=1S/C20H27N5O2/c26-20(22-10-6-18-23-19(27-24-18)17-4-1-5-17)25-11-7-15(8-12-25)13-16-3-2-9-21-14-16/h2-3,9,14-15,17H,1,4-8,10-13H2,(H,22,26). The van der Waals surface area contributed by atoms with Crippen molar-refractivity contribution >= 4 is 6.03 Å². The maximum atomic E-state index is 12.4. The first-order valence-corrected chi connectivity index (χ1v) is 10.0. The Hall–Kier alpha value is -2.44. The lowest BCUT2D eigenvalue weighted by molar-refractivity contribution is 0.170. The largest absolute Gasteiger partial charge is 0.339 e. The second-order valence-corrected chi connectivity index (χ2v) is 7.65. The molecule has 2 aromatic heterocycles. The lowest BCUT2D eigenvalue weighted by Gasteiger charge is -2.32. The third kappa shape index (κ3) is 4.64. The Morgan fingerprint density at radius 2 is 2.11 bits per heavy atom. The van der Waals surface area contributed by atoms with Crippen molar-refractivity contribution in [3.8, 4) is 0 Å². The van der Waals surface area contributed by atoms with Crippen LogP contribution in [-0.4, -0.2) is 45.7 Å². The number of nitrogens with zero attached hydrogens (tertiary/aromatic N) is 4. The summed E-state index contributed by atoms with van der Waals surface area (Å²) < 4.78 is 5.31. The molecule has 3 heterocycles. The number of rotatable bonds is 6. The maximum absolute atomic E-state index is 12.4. The van der Waals surface area contributed by atoms with Gasteiger partial charge in [0.2, 0.25) is 5.89 Å². The molecule has 7 heteroatoms. The number of pyridine rings is 1. The van der Waals surface area contributed by atoms with Gasteiger partial charge in [-0.05, 0) is 49.7 Å². The maximum Gasteiger partial charge on any atom is 0.317 e. The van der Waals surface area contributed by atoms with E-state index in [1.54, 1.807) is 6.20 Å². The Kier molecular flexibility index (Phi) is 5.65. The molecule has 0 aromatic carbocycles. The quantitative estimate of drug-likeness (QED) is 0.846. The monoisotopic (exact) mass is 369 g/mol. The summed E-state index contributed by atoms with van der Waals surface area (Å²) in [4.78, 5) is 22.9. The van der Waals surface area contributed by atoms with Gasteiger partial charge in [0.1, 0.15) is 0 Å². The van der Waals surface area contributed by atoms with E-state index in [0.717, 1.165) is 51.1 Å². The minimum Gasteiger partial charge on any atom is -0.339 e. The molecule has 1 N–H and O–H groups in total. The van der Waals surface area contributed by atoms with Gasteiger partial charge in [0.25, 0.3) is 0 Å². The SMILES string of the molecule is O=C(NCCc1noc(C2CCC2)n1)N1CCC(Cc2cccnc2)CC1. The summed E-state index contributed by atoms with van der Waals surface area (Å²) >= 11 is 0. The van der Waals surface area contributed by atoms with Gasteiger partial charge in [0.05, 0.1) is 0 Å². The molecule has 0 radical (unpaired) electrons. The molecule has 2 aromatic rings. The Balaban J connectivity index is 1.16. The third-order valence-corrected chi connectivity index (χ3v) is 5.71. The minimum atomic E-state index is 0.0116. The first kappa shape index (κ1) is 17.9. The zero-order valence-electron chi connectivity index (χ0n) is 15.6. The molecule has 0 atom stereocenters. The van der Waals surface area contributed by atoms with Crippen LogP contribution in [0.5, 0.6) is 0 Å². The predicted molar refractivity (Wildman–Crippen MR) is 100 cm³/mol. The van der Waals surface area contributed by atoms with Gasteiger partial charge >= 0.3 is 6.03 Å². The number of hydrogen-bond donors (Lipinski definition) is 1. The van der Waals surface area contributed by atoms with E-state index in [0.29, 0.717) is 30.6 Å². The lowest BCUT2D eigenvalue weighted by atomic mass is 9.85. The van der Waals surface area contributed by atoms with Crippen LogP contribution in [0.25, 0.3) is 0 Å². The molecule has 1 aliphatic carbocycles. The van der Waals surface area contributed by atoms with Crippen LogP contribution in [-0.2, 0) is 12.8 Å². The number of nitrogens with one attached hydrogen (secondary N) is 1. The molecule has 7 nitrogen and oxygen atoms in total. The summed E-state index contributed by atoms with van der Waals surface area (Å²) in [7, 11) is 0. The van der Waals surface area contributed by atoms with E-state index < -0.39 is 0 Å². The molecule has 2 fully saturated rings. The number of piperidine rings is 1. The van der Waals surface area contributed by atoms with E-state index in [4.69, 9.17) is 4.52 Å². The molecule has 2 amide bonds. The van der Waals surface area contributed by atoms with Gasteiger partial charge < -0.3 is 14.7 Å². The zero-order valence-corrected chi connectivity index (χ0v) is 15.6. The molecular formula is C20H27N5O2. The first-order chi connectivity index (χ1) is 13.3. The normalized spacial score (nSPS) is 18.3. The highest BCUT2D eigenvalue weighted by molar-refractivity contribution is 5.74. The van der Waals surface area contributed by atoms with Gasteiger partial charge in [0, 0.05) is 44.4 Å². The molecule has 0 bridgehead atoms. The van der Waals surface area contributed by atoms with Crippen LogP contribution in [0, 0.1) is 5.92 Å². The van der Waals surface area contributed by atoms with Crippen LogP contribution in [0.3, 0.4) is 0 Å². The number of likely N-dealkylation sites (tertiary alicyclic amines) is 1. The minimum absolute atomic E-state index is 0.0116. The molecule has 27 heavy (non-hydrogen) atoms. The van der Waals surface area contributed by atoms with E-state index >= 15 is 0 Å². The summed E-state index contributed by atoms with van der Waals surface area (Å²) in [5.41, 5.74) is 1.28. The van der Waals surface area contributed by atoms with Gasteiger partial charge in [-0.25, -0.2) is 4.79 Å². The van der Waals surface area contributed by atoms with E-state index in [9.17, 15) is 4.79 Å². The van der Waals surface area contributed by atoms with Crippen molar-refractivity contribution in [3.05, 3.63) is 41.8 Å². The summed E-state index contributed by atoms with van der Waals surface area (Å²) in [5, 5.41) is 7.01. The van der Waals surface area contributed by atoms with Crippen LogP contribution in [0.15, 0.2) is 29.0 Å². The molecule has 1 saturated heterocycles. The topological polar surface area (TPSA) is 84.2 Å². The molecule has 1 aliphatic heterocycles. The van der Waals surface area contributed by atoms with Crippen molar-refractivity contribution in [1.82, 2.24) is 25.3 Å². The fraction of sp³-hybridized carbons (Fsp3) is 0.600. The molecular weight excluding hydrogens is 342 g/mol. The molecule has 0 spiro atoms. The Morgan fingerprint density at radius 3 is 2.81 bits per heavy atom. The van der Waals surface area contributed by atoms with Crippen LogP contribution >= 0.6 is 0 Å². The van der Waals surface area contributed by atoms with Gasteiger partial charge in [-0.1, -0.05) is 17.6 Å². The fourth-order valence-corrected chi connectivity index (χ4v) is 3.78. The Bertz CT molecular complexity index is 736. The third-order valence-electron chi connectivity index (χ3n) is 5.71. The van der Waals surface area contributed by atoms with E-state index in [2.05, 4.69) is 26.5 Å². The number of hydrogen-bond acceptors (Lipinski definition) is 5. The van der Waals surface area contributed by atoms with Gasteiger partial charge in [0.15, 0.2) is 5.82 Å². The molecule has 1 saturated carbocycles. The van der Waals surface area contributed by atoms with Crippen molar-refractivity contribution in [2.24, 2.45) is 5.92 Å². The number of amides is 2. The first-order valence-electron chi connectivity index (χ1n) is 10.0. The van der Waals surface area contributed by atoms with Crippen LogP contribution in [0.1, 0.15) is 55.3 Å². The fourth-order valence-electron chi connectivity index (χ4n) is 3.78. The summed E-state index contributed by atoms with van der Waals surface area (Å²) in [6.45, 7) is 2.16. The number of aromatic nitrogens is 3. The Labute approximate surface area is 159 Å². The van der Waals surface area contributed by atoms with Crippen molar-refractivity contribution in [3.63, 3.8) is 0 Å².